The molecule has 3 rings (SSSR count). The Balaban J connectivity index is 1.68. The van der Waals surface area contributed by atoms with Crippen LogP contribution in [-0.4, -0.2) is 25.1 Å². The zero-order valence-electron chi connectivity index (χ0n) is 18.0. The number of nitrogens with one attached hydrogen (secondary N) is 2. The normalized spacial score (nSPS) is 12.2. The topological polar surface area (TPSA) is 105 Å². The molecule has 0 radical (unpaired) electrons. The Kier molecular flexibility index (Phi) is 8.98. The molecule has 0 aliphatic rings. The van der Waals surface area contributed by atoms with Crippen molar-refractivity contribution in [1.82, 2.24) is 10.3 Å². The second-order valence-corrected chi connectivity index (χ2v) is 12.8. The highest BCUT2D eigenvalue weighted by Crippen LogP contribution is 2.24. The Labute approximate surface area is 209 Å². The number of carbonyl (C=O) groups is 2. The van der Waals surface area contributed by atoms with Crippen molar-refractivity contribution >= 4 is 57.1 Å². The molecular weight excluding hydrogens is 573 g/mol. The van der Waals surface area contributed by atoms with Crippen LogP contribution in [0.1, 0.15) is 52.4 Å². The standard InChI is InChI=1S/C23H24IN3O4S2/c1-2-18-15-32-23(25-18)20(14-16-8-10-19(11-9-16)27-33(24,30)31)26-22(29)13-12-21(28)17-6-4-3-5-7-17/h3-11,15,20,27H,2,12-14H2,1H3,(H,26,29)/t20-/m0/s1. The van der Waals surface area contributed by atoms with E-state index < -0.39 is 7.19 Å². The molecule has 2 N–H and O–H groups in total. The fraction of sp³-hybridized carbons (Fsp3) is 0.261. The number of halogens is 1. The lowest BCUT2D eigenvalue weighted by Crippen LogP contribution is -2.30. The van der Waals surface area contributed by atoms with Crippen LogP contribution in [0.15, 0.2) is 60.0 Å². The molecule has 0 saturated carbocycles. The quantitative estimate of drug-likeness (QED) is 0.187. The van der Waals surface area contributed by atoms with Gasteiger partial charge in [-0.05, 0) is 30.5 Å². The van der Waals surface area contributed by atoms with Gasteiger partial charge in [-0.25, -0.2) is 4.98 Å². The lowest BCUT2D eigenvalue weighted by atomic mass is 10.0. The Bertz CT molecular complexity index is 1200. The molecule has 10 heteroatoms. The van der Waals surface area contributed by atoms with Crippen LogP contribution in [0.3, 0.4) is 0 Å². The second kappa shape index (κ2) is 11.7. The lowest BCUT2D eigenvalue weighted by molar-refractivity contribution is -0.121. The highest BCUT2D eigenvalue weighted by atomic mass is 127. The van der Waals surface area contributed by atoms with Gasteiger partial charge in [-0.1, -0.05) is 49.4 Å². The van der Waals surface area contributed by atoms with E-state index in [2.05, 4.69) is 15.0 Å². The highest BCUT2D eigenvalue weighted by molar-refractivity contribution is 14.2. The average Bonchev–Trinajstić information content (AvgIpc) is 3.27. The molecule has 1 aromatic heterocycles. The maximum Gasteiger partial charge on any atom is 0.286 e. The second-order valence-electron chi connectivity index (χ2n) is 7.38. The van der Waals surface area contributed by atoms with Crippen molar-refractivity contribution in [3.63, 3.8) is 0 Å². The number of nitrogens with zero attached hydrogens (tertiary/aromatic N) is 1. The summed E-state index contributed by atoms with van der Waals surface area (Å²) in [5.74, 6) is -0.287. The van der Waals surface area contributed by atoms with E-state index in [0.29, 0.717) is 17.7 Å². The summed E-state index contributed by atoms with van der Waals surface area (Å²) in [6.07, 6.45) is 1.51. The van der Waals surface area contributed by atoms with Gasteiger partial charge >= 0.3 is 0 Å². The van der Waals surface area contributed by atoms with Crippen LogP contribution in [0.25, 0.3) is 0 Å². The van der Waals surface area contributed by atoms with Gasteiger partial charge in [-0.15, -0.1) is 11.3 Å². The third-order valence-corrected chi connectivity index (χ3v) is 7.02. The van der Waals surface area contributed by atoms with Crippen LogP contribution >= 0.6 is 32.5 Å². The maximum atomic E-state index is 12.7. The van der Waals surface area contributed by atoms with E-state index in [1.54, 1.807) is 36.4 Å². The van der Waals surface area contributed by atoms with Gasteiger partial charge in [0.2, 0.25) is 5.91 Å². The fourth-order valence-electron chi connectivity index (χ4n) is 3.19. The average molecular weight is 598 g/mol. The van der Waals surface area contributed by atoms with Crippen LogP contribution in [0.2, 0.25) is 0 Å². The predicted octanol–water partition coefficient (Wildman–Crippen LogP) is 4.86. The molecule has 0 unspecified atom stereocenters. The Morgan fingerprint density at radius 3 is 2.36 bits per heavy atom. The van der Waals surface area contributed by atoms with Crippen LogP contribution in [0, 0.1) is 0 Å². The van der Waals surface area contributed by atoms with E-state index in [4.69, 9.17) is 0 Å². The fourth-order valence-corrected chi connectivity index (χ4v) is 5.33. The van der Waals surface area contributed by atoms with E-state index >= 15 is 0 Å². The van der Waals surface area contributed by atoms with Crippen molar-refractivity contribution in [2.75, 3.05) is 4.72 Å². The number of Topliss-reactive ketones (excluding diaryl/α,β-unsaturated/α-hetero) is 1. The smallest absolute Gasteiger partial charge is 0.286 e. The van der Waals surface area contributed by atoms with Gasteiger partial charge in [0.1, 0.15) is 5.01 Å². The van der Waals surface area contributed by atoms with E-state index in [-0.39, 0.29) is 30.6 Å². The molecule has 2 aromatic carbocycles. The molecule has 3 aromatic rings. The summed E-state index contributed by atoms with van der Waals surface area (Å²) >= 11 is 2.82. The minimum atomic E-state index is -3.38. The molecule has 0 spiro atoms. The zero-order chi connectivity index (χ0) is 23.8. The summed E-state index contributed by atoms with van der Waals surface area (Å²) < 4.78 is 25.2. The molecule has 0 aliphatic heterocycles. The van der Waals surface area contributed by atoms with Crippen molar-refractivity contribution in [2.45, 2.75) is 38.6 Å². The number of ketones is 1. The van der Waals surface area contributed by atoms with Crippen molar-refractivity contribution in [1.29, 1.82) is 0 Å². The molecule has 1 atom stereocenters. The number of benzene rings is 2. The molecular formula is C23H24IN3O4S2. The molecule has 0 aliphatic carbocycles. The first-order valence-corrected chi connectivity index (χ1v) is 15.3. The van der Waals surface area contributed by atoms with Crippen molar-refractivity contribution in [3.05, 3.63) is 81.8 Å². The Morgan fingerprint density at radius 1 is 1.06 bits per heavy atom. The number of aryl methyl sites for hydroxylation is 1. The maximum absolute atomic E-state index is 12.7. The summed E-state index contributed by atoms with van der Waals surface area (Å²) in [6, 6.07) is 15.6. The molecule has 174 valence electrons. The molecule has 0 bridgehead atoms. The number of amides is 1. The van der Waals surface area contributed by atoms with Crippen LogP contribution in [0.4, 0.5) is 5.69 Å². The minimum absolute atomic E-state index is 0.0712. The largest absolute Gasteiger partial charge is 0.347 e. The van der Waals surface area contributed by atoms with Crippen LogP contribution in [-0.2, 0) is 24.8 Å². The summed E-state index contributed by atoms with van der Waals surface area (Å²) in [5, 5.41) is 5.80. The molecule has 1 heterocycles. The summed E-state index contributed by atoms with van der Waals surface area (Å²) in [5.41, 5.74) is 2.94. The summed E-state index contributed by atoms with van der Waals surface area (Å²) in [4.78, 5) is 29.6. The van der Waals surface area contributed by atoms with E-state index in [9.17, 15) is 18.0 Å². The van der Waals surface area contributed by atoms with Gasteiger partial charge in [-0.3, -0.25) is 14.3 Å². The van der Waals surface area contributed by atoms with Gasteiger partial charge in [0, 0.05) is 29.5 Å². The number of carbonyl (C=O) groups excluding carboxylic acids is 2. The highest BCUT2D eigenvalue weighted by Gasteiger charge is 2.20. The molecule has 7 nitrogen and oxygen atoms in total. The van der Waals surface area contributed by atoms with E-state index in [1.165, 1.54) is 32.5 Å². The van der Waals surface area contributed by atoms with Crippen molar-refractivity contribution < 1.29 is 18.0 Å². The van der Waals surface area contributed by atoms with Crippen molar-refractivity contribution in [2.24, 2.45) is 0 Å². The third kappa shape index (κ3) is 8.20. The first-order valence-electron chi connectivity index (χ1n) is 10.4. The monoisotopic (exact) mass is 597 g/mol. The molecule has 0 fully saturated rings. The molecule has 0 saturated heterocycles. The number of aromatic nitrogens is 1. The Morgan fingerprint density at radius 2 is 1.76 bits per heavy atom. The Hall–Kier alpha value is -2.31. The first-order chi connectivity index (χ1) is 15.7. The number of hydrogen-bond donors (Lipinski definition) is 2. The van der Waals surface area contributed by atoms with Gasteiger partial charge < -0.3 is 5.32 Å². The number of rotatable bonds is 11. The van der Waals surface area contributed by atoms with Crippen LogP contribution < -0.4 is 10.0 Å². The lowest BCUT2D eigenvalue weighted by Gasteiger charge is -2.17. The number of thiazole rings is 1. The zero-order valence-corrected chi connectivity index (χ0v) is 21.7. The van der Waals surface area contributed by atoms with Gasteiger partial charge in [0.15, 0.2) is 5.78 Å². The summed E-state index contributed by atoms with van der Waals surface area (Å²) in [6.45, 7) is 2.02. The van der Waals surface area contributed by atoms with E-state index in [0.717, 1.165) is 22.7 Å². The van der Waals surface area contributed by atoms with E-state index in [1.807, 2.05) is 30.5 Å². The SMILES string of the molecule is CCc1csc([C@H](Cc2ccc(NS(=O)(=O)I)cc2)NC(=O)CCC(=O)c2ccccc2)n1. The van der Waals surface area contributed by atoms with Crippen molar-refractivity contribution in [3.8, 4) is 0 Å². The van der Waals surface area contributed by atoms with Gasteiger partial charge in [-0.2, -0.15) is 8.42 Å². The predicted molar refractivity (Wildman–Crippen MR) is 139 cm³/mol. The molecule has 33 heavy (non-hydrogen) atoms. The van der Waals surface area contributed by atoms with Gasteiger partial charge in [0.05, 0.1) is 32.9 Å². The first kappa shape index (κ1) is 25.3. The summed E-state index contributed by atoms with van der Waals surface area (Å²) in [7, 11) is -3.38. The van der Waals surface area contributed by atoms with Gasteiger partial charge in [0.25, 0.3) is 7.19 Å². The number of hydrogen-bond acceptors (Lipinski definition) is 6. The number of anilines is 1. The minimum Gasteiger partial charge on any atom is -0.347 e. The molecule has 1 amide bonds. The third-order valence-electron chi connectivity index (χ3n) is 4.87. The van der Waals surface area contributed by atoms with Crippen LogP contribution in [0.5, 0.6) is 0 Å².